The molecule has 1 aliphatic rings. The van der Waals surface area contributed by atoms with Crippen LogP contribution in [0.5, 0.6) is 5.75 Å². The van der Waals surface area contributed by atoms with Gasteiger partial charge < -0.3 is 9.47 Å². The highest BCUT2D eigenvalue weighted by atomic mass is 32.1. The molecule has 0 saturated heterocycles. The van der Waals surface area contributed by atoms with Crippen LogP contribution in [-0.2, 0) is 22.5 Å². The Bertz CT molecular complexity index is 1470. The molecule has 0 radical (unpaired) electrons. The van der Waals surface area contributed by atoms with Crippen LogP contribution in [0.25, 0.3) is 22.2 Å². The van der Waals surface area contributed by atoms with Gasteiger partial charge in [-0.1, -0.05) is 25.1 Å². The lowest BCUT2D eigenvalue weighted by Crippen LogP contribution is -2.34. The van der Waals surface area contributed by atoms with Crippen LogP contribution in [0.1, 0.15) is 42.4 Å². The first-order valence-electron chi connectivity index (χ1n) is 12.8. The number of rotatable bonds is 8. The zero-order chi connectivity index (χ0) is 26.6. The van der Waals surface area contributed by atoms with Crippen LogP contribution in [0.4, 0.5) is 5.13 Å². The molecule has 196 valence electrons. The van der Waals surface area contributed by atoms with Gasteiger partial charge in [-0.05, 0) is 50.7 Å². The van der Waals surface area contributed by atoms with E-state index in [0.29, 0.717) is 23.8 Å². The third-order valence-electron chi connectivity index (χ3n) is 6.63. The average molecular weight is 531 g/mol. The molecule has 1 N–H and O–H groups in total. The first-order valence-corrected chi connectivity index (χ1v) is 13.7. The molecule has 1 aliphatic heterocycles. The van der Waals surface area contributed by atoms with Crippen molar-refractivity contribution in [2.45, 2.75) is 39.8 Å². The third-order valence-corrected chi connectivity index (χ3v) is 7.38. The van der Waals surface area contributed by atoms with Gasteiger partial charge in [0.15, 0.2) is 11.2 Å². The van der Waals surface area contributed by atoms with E-state index in [9.17, 15) is 9.59 Å². The number of likely N-dealkylation sites (N-methyl/N-ethyl adjacent to an activating group) is 1. The molecule has 1 atom stereocenters. The van der Waals surface area contributed by atoms with Crippen molar-refractivity contribution in [3.8, 4) is 17.0 Å². The number of anilines is 1. The minimum Gasteiger partial charge on any atom is -0.494 e. The van der Waals surface area contributed by atoms with Crippen molar-refractivity contribution < 1.29 is 19.1 Å². The number of hydrogen-bond donors (Lipinski definition) is 1. The fourth-order valence-electron chi connectivity index (χ4n) is 4.58. The molecule has 0 fully saturated rings. The maximum absolute atomic E-state index is 13.5. The van der Waals surface area contributed by atoms with Gasteiger partial charge in [-0.15, -0.1) is 11.3 Å². The van der Waals surface area contributed by atoms with E-state index in [0.717, 1.165) is 58.7 Å². The van der Waals surface area contributed by atoms with Crippen molar-refractivity contribution in [2.24, 2.45) is 0 Å². The molecule has 0 aliphatic carbocycles. The van der Waals surface area contributed by atoms with E-state index in [2.05, 4.69) is 22.1 Å². The molecule has 0 bridgehead atoms. The lowest BCUT2D eigenvalue weighted by atomic mass is 9.95. The SMILES string of the molecule is CCOc1ccc(-c2csc(NC(=O)C(C)OC(=O)c3c4c(nc5ccccc35)CCN(CC)C4)n2)cc1. The van der Waals surface area contributed by atoms with Crippen molar-refractivity contribution >= 4 is 39.2 Å². The summed E-state index contributed by atoms with van der Waals surface area (Å²) in [6, 6.07) is 15.2. The summed E-state index contributed by atoms with van der Waals surface area (Å²) in [4.78, 5) is 38.0. The number of esters is 1. The molecule has 0 saturated carbocycles. The van der Waals surface area contributed by atoms with Crippen LogP contribution in [0.3, 0.4) is 0 Å². The van der Waals surface area contributed by atoms with E-state index in [4.69, 9.17) is 14.5 Å². The molecule has 4 aromatic rings. The highest BCUT2D eigenvalue weighted by Gasteiger charge is 2.28. The molecule has 8 nitrogen and oxygen atoms in total. The van der Waals surface area contributed by atoms with Crippen LogP contribution in [-0.4, -0.2) is 52.5 Å². The van der Waals surface area contributed by atoms with Gasteiger partial charge in [-0.2, -0.15) is 0 Å². The number of carbonyl (C=O) groups is 2. The fourth-order valence-corrected chi connectivity index (χ4v) is 5.30. The monoisotopic (exact) mass is 530 g/mol. The van der Waals surface area contributed by atoms with E-state index in [1.54, 1.807) is 6.92 Å². The number of para-hydroxylation sites is 1. The van der Waals surface area contributed by atoms with Crippen molar-refractivity contribution in [2.75, 3.05) is 25.0 Å². The van der Waals surface area contributed by atoms with Gasteiger partial charge in [0.25, 0.3) is 5.91 Å². The topological polar surface area (TPSA) is 93.6 Å². The van der Waals surface area contributed by atoms with Crippen LogP contribution in [0.2, 0.25) is 0 Å². The molecular weight excluding hydrogens is 500 g/mol. The number of hydrogen-bond acceptors (Lipinski definition) is 8. The van der Waals surface area contributed by atoms with Gasteiger partial charge in [-0.25, -0.2) is 9.78 Å². The predicted octanol–water partition coefficient (Wildman–Crippen LogP) is 5.32. The largest absolute Gasteiger partial charge is 0.494 e. The number of ether oxygens (including phenoxy) is 2. The highest BCUT2D eigenvalue weighted by Crippen LogP contribution is 2.30. The fraction of sp³-hybridized carbons (Fsp3) is 0.310. The zero-order valence-corrected chi connectivity index (χ0v) is 22.5. The van der Waals surface area contributed by atoms with Crippen LogP contribution in [0, 0.1) is 0 Å². The van der Waals surface area contributed by atoms with Gasteiger partial charge in [0, 0.05) is 47.1 Å². The predicted molar refractivity (Wildman–Crippen MR) is 149 cm³/mol. The lowest BCUT2D eigenvalue weighted by Gasteiger charge is -2.29. The standard InChI is InChI=1S/C29H30N4O4S/c1-4-33-15-14-24-22(16-33)26(21-8-6-7-9-23(21)30-24)28(35)37-18(3)27(34)32-29-31-25(17-38-29)19-10-12-20(13-11-19)36-5-2/h6-13,17-18H,4-5,14-16H2,1-3H3,(H,31,32,34). The molecule has 38 heavy (non-hydrogen) atoms. The number of amides is 1. The maximum Gasteiger partial charge on any atom is 0.339 e. The molecule has 2 aromatic carbocycles. The quantitative estimate of drug-likeness (QED) is 0.308. The summed E-state index contributed by atoms with van der Waals surface area (Å²) in [5.41, 5.74) is 4.71. The van der Waals surface area contributed by atoms with Gasteiger partial charge in [0.05, 0.1) is 23.4 Å². The second kappa shape index (κ2) is 11.3. The molecule has 3 heterocycles. The van der Waals surface area contributed by atoms with E-state index in [1.807, 2.05) is 60.8 Å². The van der Waals surface area contributed by atoms with Crippen molar-refractivity contribution in [1.82, 2.24) is 14.9 Å². The Labute approximate surface area is 225 Å². The summed E-state index contributed by atoms with van der Waals surface area (Å²) in [5.74, 6) is -0.163. The molecule has 9 heteroatoms. The van der Waals surface area contributed by atoms with Gasteiger partial charge in [0.1, 0.15) is 5.75 Å². The molecule has 2 aromatic heterocycles. The summed E-state index contributed by atoms with van der Waals surface area (Å²) in [6.07, 6.45) is -0.237. The first kappa shape index (κ1) is 25.8. The zero-order valence-electron chi connectivity index (χ0n) is 21.7. The van der Waals surface area contributed by atoms with Gasteiger partial charge >= 0.3 is 5.97 Å². The van der Waals surface area contributed by atoms with E-state index >= 15 is 0 Å². The number of carbonyl (C=O) groups excluding carboxylic acids is 2. The Morgan fingerprint density at radius 1 is 1.11 bits per heavy atom. The van der Waals surface area contributed by atoms with Crippen molar-refractivity contribution in [3.63, 3.8) is 0 Å². The number of aromatic nitrogens is 2. The van der Waals surface area contributed by atoms with Crippen molar-refractivity contribution in [3.05, 3.63) is 70.7 Å². The number of fused-ring (bicyclic) bond motifs is 2. The summed E-state index contributed by atoms with van der Waals surface area (Å²) < 4.78 is 11.2. The smallest absolute Gasteiger partial charge is 0.339 e. The summed E-state index contributed by atoms with van der Waals surface area (Å²) in [6.45, 7) is 8.62. The second-order valence-corrected chi connectivity index (χ2v) is 9.94. The first-order chi connectivity index (χ1) is 18.5. The number of thiazole rings is 1. The van der Waals surface area contributed by atoms with Gasteiger partial charge in [-0.3, -0.25) is 20.0 Å². The second-order valence-electron chi connectivity index (χ2n) is 9.08. The maximum atomic E-state index is 13.5. The summed E-state index contributed by atoms with van der Waals surface area (Å²) >= 11 is 1.31. The number of benzene rings is 2. The molecule has 5 rings (SSSR count). The van der Waals surface area contributed by atoms with E-state index < -0.39 is 18.0 Å². The number of pyridine rings is 1. The minimum absolute atomic E-state index is 0.437. The van der Waals surface area contributed by atoms with Crippen LogP contribution >= 0.6 is 11.3 Å². The number of nitrogens with zero attached hydrogens (tertiary/aromatic N) is 3. The Balaban J connectivity index is 1.31. The van der Waals surface area contributed by atoms with Crippen molar-refractivity contribution in [1.29, 1.82) is 0 Å². The Morgan fingerprint density at radius 3 is 2.66 bits per heavy atom. The Hall–Kier alpha value is -3.82. The average Bonchev–Trinajstić information content (AvgIpc) is 3.40. The Morgan fingerprint density at radius 2 is 1.89 bits per heavy atom. The Kier molecular flexibility index (Phi) is 7.67. The molecular formula is C29H30N4O4S. The minimum atomic E-state index is -1.01. The van der Waals surface area contributed by atoms with E-state index in [1.165, 1.54) is 11.3 Å². The summed E-state index contributed by atoms with van der Waals surface area (Å²) in [5, 5.41) is 5.83. The highest BCUT2D eigenvalue weighted by molar-refractivity contribution is 7.14. The number of nitrogens with one attached hydrogen (secondary N) is 1. The molecule has 1 amide bonds. The van der Waals surface area contributed by atoms with E-state index in [-0.39, 0.29) is 0 Å². The lowest BCUT2D eigenvalue weighted by molar-refractivity contribution is -0.123. The van der Waals surface area contributed by atoms with Crippen LogP contribution in [0.15, 0.2) is 53.9 Å². The molecule has 1 unspecified atom stereocenters. The third kappa shape index (κ3) is 5.39. The summed E-state index contributed by atoms with van der Waals surface area (Å²) in [7, 11) is 0. The normalized spacial score (nSPS) is 14.1. The van der Waals surface area contributed by atoms with Crippen LogP contribution < -0.4 is 10.1 Å². The van der Waals surface area contributed by atoms with Gasteiger partial charge in [0.2, 0.25) is 0 Å². The molecule has 0 spiro atoms.